The molecule has 2 amide bonds. The second-order valence-corrected chi connectivity index (χ2v) is 10.6. The molecule has 1 fully saturated rings. The second-order valence-electron chi connectivity index (χ2n) is 8.51. The summed E-state index contributed by atoms with van der Waals surface area (Å²) in [5.41, 5.74) is 2.22. The van der Waals surface area contributed by atoms with Crippen molar-refractivity contribution in [1.82, 2.24) is 9.78 Å². The fourth-order valence-corrected chi connectivity index (χ4v) is 5.89. The summed E-state index contributed by atoms with van der Waals surface area (Å²) in [5, 5.41) is 7.35. The molecule has 35 heavy (non-hydrogen) atoms. The first-order valence-electron chi connectivity index (χ1n) is 11.0. The molecule has 2 aliphatic rings. The summed E-state index contributed by atoms with van der Waals surface area (Å²) in [4.78, 5) is 27.5. The fraction of sp³-hybridized carbons (Fsp3) is 0.292. The number of nitrogens with one attached hydrogen (secondary N) is 1. The number of carbonyl (C=O) groups is 2. The number of fused-ring (bicyclic) bond motifs is 1. The number of rotatable bonds is 6. The van der Waals surface area contributed by atoms with Gasteiger partial charge in [0, 0.05) is 24.2 Å². The summed E-state index contributed by atoms with van der Waals surface area (Å²) < 4.78 is 36.4. The molecule has 0 radical (unpaired) electrons. The Hall–Kier alpha value is -3.86. The molecule has 0 saturated carbocycles. The van der Waals surface area contributed by atoms with Crippen LogP contribution in [-0.4, -0.2) is 50.8 Å². The Balaban J connectivity index is 1.41. The Bertz CT molecular complexity index is 1400. The van der Waals surface area contributed by atoms with Crippen LogP contribution in [0.4, 0.5) is 11.5 Å². The zero-order chi connectivity index (χ0) is 24.7. The largest absolute Gasteiger partial charge is 0.497 e. The van der Waals surface area contributed by atoms with Crippen LogP contribution in [0.5, 0.6) is 11.5 Å². The Morgan fingerprint density at radius 3 is 2.17 bits per heavy atom. The van der Waals surface area contributed by atoms with Gasteiger partial charge in [0.1, 0.15) is 17.3 Å². The summed E-state index contributed by atoms with van der Waals surface area (Å²) in [5.74, 6) is 0.138. The average Bonchev–Trinajstić information content (AvgIpc) is 3.49. The lowest BCUT2D eigenvalue weighted by Crippen LogP contribution is -2.29. The van der Waals surface area contributed by atoms with Crippen LogP contribution in [-0.2, 0) is 30.9 Å². The van der Waals surface area contributed by atoms with E-state index in [2.05, 4.69) is 10.4 Å². The maximum absolute atomic E-state index is 13.3. The molecule has 0 spiro atoms. The van der Waals surface area contributed by atoms with Crippen molar-refractivity contribution in [2.24, 2.45) is 5.92 Å². The predicted octanol–water partition coefficient (Wildman–Crippen LogP) is 2.31. The third-order valence-corrected chi connectivity index (χ3v) is 7.67. The number of sulfone groups is 1. The van der Waals surface area contributed by atoms with E-state index in [0.717, 1.165) is 0 Å². The van der Waals surface area contributed by atoms with Gasteiger partial charge in [0.25, 0.3) is 0 Å². The van der Waals surface area contributed by atoms with Gasteiger partial charge in [0.2, 0.25) is 11.8 Å². The molecule has 1 atom stereocenters. The Kier molecular flexibility index (Phi) is 5.72. The monoisotopic (exact) mass is 496 g/mol. The normalized spacial score (nSPS) is 18.4. The van der Waals surface area contributed by atoms with Crippen LogP contribution < -0.4 is 19.7 Å². The summed E-state index contributed by atoms with van der Waals surface area (Å²) in [7, 11) is -0.202. The highest BCUT2D eigenvalue weighted by Gasteiger charge is 2.38. The number of ether oxygens (including phenoxy) is 2. The first-order valence-corrected chi connectivity index (χ1v) is 12.8. The maximum Gasteiger partial charge on any atom is 0.230 e. The van der Waals surface area contributed by atoms with E-state index in [1.807, 2.05) is 0 Å². The summed E-state index contributed by atoms with van der Waals surface area (Å²) in [6, 6.07) is 14.1. The summed E-state index contributed by atoms with van der Waals surface area (Å²) in [6.07, 6.45) is 0.0506. The van der Waals surface area contributed by atoms with Crippen LogP contribution in [0.2, 0.25) is 0 Å². The molecule has 1 saturated heterocycles. The molecule has 11 heteroatoms. The molecule has 3 heterocycles. The number of aromatic nitrogens is 2. The zero-order valence-electron chi connectivity index (χ0n) is 19.2. The molecule has 182 valence electrons. The van der Waals surface area contributed by atoms with Crippen molar-refractivity contribution in [3.05, 3.63) is 59.8 Å². The van der Waals surface area contributed by atoms with E-state index in [1.165, 1.54) is 4.68 Å². The second kappa shape index (κ2) is 8.73. The lowest BCUT2D eigenvalue weighted by molar-refractivity contribution is -0.122. The van der Waals surface area contributed by atoms with Crippen LogP contribution in [0.3, 0.4) is 0 Å². The number of methoxy groups -OCH3 is 2. The van der Waals surface area contributed by atoms with Crippen LogP contribution >= 0.6 is 0 Å². The molecule has 0 bridgehead atoms. The molecule has 2 aliphatic heterocycles. The molecular weight excluding hydrogens is 472 g/mol. The van der Waals surface area contributed by atoms with Gasteiger partial charge in [0.15, 0.2) is 9.84 Å². The quantitative estimate of drug-likeness (QED) is 0.556. The first-order chi connectivity index (χ1) is 16.8. The van der Waals surface area contributed by atoms with Gasteiger partial charge < -0.3 is 19.7 Å². The molecule has 1 N–H and O–H groups in total. The van der Waals surface area contributed by atoms with Gasteiger partial charge in [0.05, 0.1) is 43.0 Å². The minimum atomic E-state index is -3.33. The highest BCUT2D eigenvalue weighted by molar-refractivity contribution is 7.90. The van der Waals surface area contributed by atoms with Crippen molar-refractivity contribution in [3.8, 4) is 17.2 Å². The van der Waals surface area contributed by atoms with E-state index < -0.39 is 15.8 Å². The summed E-state index contributed by atoms with van der Waals surface area (Å²) in [6.45, 7) is 0.216. The molecule has 3 aromatic rings. The summed E-state index contributed by atoms with van der Waals surface area (Å²) >= 11 is 0. The number of amides is 2. The van der Waals surface area contributed by atoms with Gasteiger partial charge in [-0.15, -0.1) is 0 Å². The van der Waals surface area contributed by atoms with Crippen molar-refractivity contribution in [1.29, 1.82) is 0 Å². The van der Waals surface area contributed by atoms with Crippen molar-refractivity contribution in [3.63, 3.8) is 0 Å². The number of benzene rings is 2. The van der Waals surface area contributed by atoms with Crippen LogP contribution in [0.15, 0.2) is 48.5 Å². The van der Waals surface area contributed by atoms with Crippen molar-refractivity contribution in [2.45, 2.75) is 17.9 Å². The molecule has 2 aromatic carbocycles. The van der Waals surface area contributed by atoms with E-state index in [4.69, 9.17) is 9.47 Å². The van der Waals surface area contributed by atoms with E-state index >= 15 is 0 Å². The number of anilines is 2. The third-order valence-electron chi connectivity index (χ3n) is 6.23. The molecule has 1 aromatic heterocycles. The SMILES string of the molecule is COc1ccc(N2C[C@@H](C(=O)Nc3c4c(nn3-c3ccc(OC)cc3)CS(=O)(=O)C4)CC2=O)cc1. The molecule has 10 nitrogen and oxygen atoms in total. The van der Waals surface area contributed by atoms with Crippen LogP contribution in [0, 0.1) is 5.92 Å². The van der Waals surface area contributed by atoms with Gasteiger partial charge in [-0.25, -0.2) is 13.1 Å². The Labute approximate surface area is 202 Å². The topological polar surface area (TPSA) is 120 Å². The maximum atomic E-state index is 13.3. The average molecular weight is 497 g/mol. The van der Waals surface area contributed by atoms with Crippen molar-refractivity contribution >= 4 is 33.2 Å². The smallest absolute Gasteiger partial charge is 0.230 e. The number of carbonyl (C=O) groups excluding carboxylic acids is 2. The molecule has 5 rings (SSSR count). The van der Waals surface area contributed by atoms with Gasteiger partial charge in [-0.3, -0.25) is 9.59 Å². The van der Waals surface area contributed by atoms with Gasteiger partial charge >= 0.3 is 0 Å². The lowest BCUT2D eigenvalue weighted by Gasteiger charge is -2.17. The number of nitrogens with zero attached hydrogens (tertiary/aromatic N) is 3. The van der Waals surface area contributed by atoms with Gasteiger partial charge in [-0.05, 0) is 48.5 Å². The molecule has 0 aliphatic carbocycles. The minimum absolute atomic E-state index is 0.0506. The van der Waals surface area contributed by atoms with Gasteiger partial charge in [-0.2, -0.15) is 5.10 Å². The third kappa shape index (κ3) is 4.34. The standard InChI is InChI=1S/C24H24N4O6S/c1-33-18-7-3-16(4-8-18)27-12-15(11-22(27)29)24(30)25-23-20-13-35(31,32)14-21(20)26-28(23)17-5-9-19(34-2)10-6-17/h3-10,15H,11-14H2,1-2H3,(H,25,30)/t15-/m0/s1. The molecule has 0 unspecified atom stereocenters. The van der Waals surface area contributed by atoms with E-state index in [9.17, 15) is 18.0 Å². The van der Waals surface area contributed by atoms with E-state index in [-0.39, 0.29) is 36.3 Å². The number of hydrogen-bond donors (Lipinski definition) is 1. The predicted molar refractivity (Wildman–Crippen MR) is 129 cm³/mol. The Morgan fingerprint density at radius 2 is 1.57 bits per heavy atom. The van der Waals surface area contributed by atoms with Crippen molar-refractivity contribution in [2.75, 3.05) is 31.0 Å². The zero-order valence-corrected chi connectivity index (χ0v) is 20.0. The lowest BCUT2D eigenvalue weighted by atomic mass is 10.1. The van der Waals surface area contributed by atoms with Crippen LogP contribution in [0.25, 0.3) is 5.69 Å². The van der Waals surface area contributed by atoms with Crippen molar-refractivity contribution < 1.29 is 27.5 Å². The fourth-order valence-electron chi connectivity index (χ4n) is 4.39. The highest BCUT2D eigenvalue weighted by Crippen LogP contribution is 2.34. The highest BCUT2D eigenvalue weighted by atomic mass is 32.2. The van der Waals surface area contributed by atoms with E-state index in [1.54, 1.807) is 67.7 Å². The van der Waals surface area contributed by atoms with E-state index in [0.29, 0.717) is 39.9 Å². The number of hydrogen-bond acceptors (Lipinski definition) is 7. The molecular formula is C24H24N4O6S. The Morgan fingerprint density at radius 1 is 0.971 bits per heavy atom. The van der Waals surface area contributed by atoms with Crippen LogP contribution in [0.1, 0.15) is 17.7 Å². The van der Waals surface area contributed by atoms with Gasteiger partial charge in [-0.1, -0.05) is 0 Å². The first kappa shape index (κ1) is 22.9. The minimum Gasteiger partial charge on any atom is -0.497 e.